The van der Waals surface area contributed by atoms with Crippen LogP contribution in [-0.4, -0.2) is 25.8 Å². The molecule has 0 rings (SSSR count). The Morgan fingerprint density at radius 3 is 1.00 bits per heavy atom. The molecule has 0 bridgehead atoms. The van der Waals surface area contributed by atoms with E-state index >= 15 is 0 Å². The molecule has 0 aliphatic carbocycles. The molecule has 6 heavy (non-hydrogen) atoms. The fourth-order valence-corrected chi connectivity index (χ4v) is 0. The van der Waals surface area contributed by atoms with E-state index in [2.05, 4.69) is 0 Å². The smallest absolute Gasteiger partial charge is 0 e. The molecule has 0 heterocycles. The van der Waals surface area contributed by atoms with Gasteiger partial charge in [-0.25, -0.2) is 0 Å². The van der Waals surface area contributed by atoms with E-state index in [0.717, 1.165) is 0 Å². The third-order valence-electron chi connectivity index (χ3n) is 0. The molecule has 0 aliphatic heterocycles. The van der Waals surface area contributed by atoms with Crippen molar-refractivity contribution in [3.05, 3.63) is 0 Å². The van der Waals surface area contributed by atoms with E-state index in [-0.39, 0.29) is 98.5 Å². The fourth-order valence-electron chi connectivity index (χ4n) is 0. The second-order valence-electron chi connectivity index (χ2n) is 0. The van der Waals surface area contributed by atoms with Crippen LogP contribution >= 0.6 is 0 Å². The molecule has 0 unspecified atom stereocenters. The van der Waals surface area contributed by atoms with Crippen LogP contribution in [0.1, 0.15) is 0 Å². The topological polar surface area (TPSA) is 0 Å². The fraction of sp³-hybridized carbons (Fsp3) is 0. The quantitative estimate of drug-likeness (QED) is 0.475. The molecule has 8 radical (unpaired) electrons. The van der Waals surface area contributed by atoms with E-state index < -0.39 is 0 Å². The van der Waals surface area contributed by atoms with Crippen LogP contribution < -0.4 is 0 Å². The van der Waals surface area contributed by atoms with Crippen molar-refractivity contribution in [3.8, 4) is 0 Å². The predicted molar refractivity (Wildman–Crippen MR) is 11.5 cm³/mol. The van der Waals surface area contributed by atoms with Gasteiger partial charge < -0.3 is 0 Å². The normalized spacial score (nSPS) is 0. The van der Waals surface area contributed by atoms with Crippen LogP contribution in [0.2, 0.25) is 0 Å². The average molecular weight is 392 g/mol. The molecule has 0 aromatic carbocycles. The van der Waals surface area contributed by atoms with E-state index in [1.807, 2.05) is 0 Å². The van der Waals surface area contributed by atoms with E-state index in [0.29, 0.717) is 0 Å². The largest absolute Gasteiger partial charge is 0 e. The molecule has 0 aromatic rings. The molecule has 0 aliphatic rings. The molecular formula is AlBCoFeNiTa. The summed E-state index contributed by atoms with van der Waals surface area (Å²) in [5.74, 6) is 0. The minimum Gasteiger partial charge on any atom is 0 e. The first-order valence-electron chi connectivity index (χ1n) is 0. The standard InChI is InChI=1S/Al.B.Co.Fe.Ni.Ta. The zero-order valence-electron chi connectivity index (χ0n) is 2.61. The molecule has 0 fully saturated rings. The summed E-state index contributed by atoms with van der Waals surface area (Å²) >= 11 is 0. The van der Waals surface area contributed by atoms with Gasteiger partial charge in [-0.2, -0.15) is 0 Å². The van der Waals surface area contributed by atoms with Gasteiger partial charge in [0, 0.05) is 98.5 Å². The molecule has 38 valence electrons. The van der Waals surface area contributed by atoms with Gasteiger partial charge in [-0.1, -0.05) is 0 Å². The minimum absolute atomic E-state index is 0. The first-order chi connectivity index (χ1) is 0. The van der Waals surface area contributed by atoms with Gasteiger partial charge >= 0.3 is 0 Å². The van der Waals surface area contributed by atoms with Crippen molar-refractivity contribution >= 4 is 25.8 Å². The van der Waals surface area contributed by atoms with Crippen LogP contribution in [0.5, 0.6) is 0 Å². The first kappa shape index (κ1) is 67.0. The van der Waals surface area contributed by atoms with Crippen LogP contribution in [0.25, 0.3) is 0 Å². The predicted octanol–water partition coefficient (Wildman–Crippen LogP) is -0.772. The summed E-state index contributed by atoms with van der Waals surface area (Å²) in [6, 6.07) is 0. The Hall–Kier alpha value is 2.86. The third-order valence-corrected chi connectivity index (χ3v) is 0. The summed E-state index contributed by atoms with van der Waals surface area (Å²) in [5.41, 5.74) is 0. The first-order valence-corrected chi connectivity index (χ1v) is 0. The van der Waals surface area contributed by atoms with Crippen LogP contribution in [0.4, 0.5) is 0 Å². The maximum atomic E-state index is 0. The van der Waals surface area contributed by atoms with E-state index in [1.165, 1.54) is 0 Å². The van der Waals surface area contributed by atoms with Crippen molar-refractivity contribution in [2.45, 2.75) is 0 Å². The molecule has 0 aromatic heterocycles. The van der Waals surface area contributed by atoms with Gasteiger partial charge in [-0.3, -0.25) is 0 Å². The monoisotopic (exact) mass is 392 g/mol. The Morgan fingerprint density at radius 1 is 1.00 bits per heavy atom. The number of hydrogen-bond donors (Lipinski definition) is 0. The number of hydrogen-bond acceptors (Lipinski definition) is 0. The third kappa shape index (κ3) is 28.8. The van der Waals surface area contributed by atoms with Gasteiger partial charge in [0.15, 0.2) is 0 Å². The Morgan fingerprint density at radius 2 is 1.00 bits per heavy atom. The maximum Gasteiger partial charge on any atom is 0 e. The second-order valence-corrected chi connectivity index (χ2v) is 0. The molecular weight excluding hydrogens is 392 g/mol. The van der Waals surface area contributed by atoms with Crippen molar-refractivity contribution in [2.24, 2.45) is 0 Å². The molecule has 0 atom stereocenters. The SMILES string of the molecule is [Al].[B].[Co].[Fe].[Ni].[Ta]. The summed E-state index contributed by atoms with van der Waals surface area (Å²) < 4.78 is 0. The molecule has 0 N–H and O–H groups in total. The van der Waals surface area contributed by atoms with Crippen LogP contribution in [-0.2, 0) is 72.7 Å². The minimum atomic E-state index is 0. The van der Waals surface area contributed by atoms with Crippen LogP contribution in [0.3, 0.4) is 0 Å². The van der Waals surface area contributed by atoms with Crippen LogP contribution in [0, 0.1) is 0 Å². The zero-order valence-corrected chi connectivity index (χ0v) is 10.1. The van der Waals surface area contributed by atoms with Crippen molar-refractivity contribution in [3.63, 3.8) is 0 Å². The van der Waals surface area contributed by atoms with Crippen molar-refractivity contribution in [1.82, 2.24) is 0 Å². The van der Waals surface area contributed by atoms with Crippen LogP contribution in [0.15, 0.2) is 0 Å². The van der Waals surface area contributed by atoms with E-state index in [9.17, 15) is 0 Å². The van der Waals surface area contributed by atoms with Gasteiger partial charge in [0.05, 0.1) is 0 Å². The second kappa shape index (κ2) is 45.3. The summed E-state index contributed by atoms with van der Waals surface area (Å²) in [6.07, 6.45) is 0. The maximum absolute atomic E-state index is 0. The number of rotatable bonds is 0. The van der Waals surface area contributed by atoms with Gasteiger partial charge in [-0.15, -0.1) is 0 Å². The van der Waals surface area contributed by atoms with E-state index in [1.54, 1.807) is 0 Å². The van der Waals surface area contributed by atoms with Gasteiger partial charge in [0.1, 0.15) is 0 Å². The van der Waals surface area contributed by atoms with E-state index in [4.69, 9.17) is 0 Å². The average Bonchev–Trinajstić information content (AvgIpc) is 0. The van der Waals surface area contributed by atoms with Crippen molar-refractivity contribution < 1.29 is 72.7 Å². The Kier molecular flexibility index (Phi) is 505. The van der Waals surface area contributed by atoms with Gasteiger partial charge in [0.2, 0.25) is 0 Å². The summed E-state index contributed by atoms with van der Waals surface area (Å²) in [7, 11) is 0. The van der Waals surface area contributed by atoms with Crippen molar-refractivity contribution in [1.29, 1.82) is 0 Å². The molecule has 0 amide bonds. The van der Waals surface area contributed by atoms with Crippen molar-refractivity contribution in [2.75, 3.05) is 0 Å². The zero-order chi connectivity index (χ0) is 0. The summed E-state index contributed by atoms with van der Waals surface area (Å²) in [5, 5.41) is 0. The molecule has 6 heteroatoms. The molecule has 0 nitrogen and oxygen atoms in total. The van der Waals surface area contributed by atoms with Gasteiger partial charge in [-0.05, 0) is 0 Å². The summed E-state index contributed by atoms with van der Waals surface area (Å²) in [6.45, 7) is 0. The Bertz CT molecular complexity index is 15.5. The molecule has 0 spiro atoms. The molecule has 0 saturated heterocycles. The van der Waals surface area contributed by atoms with Gasteiger partial charge in [0.25, 0.3) is 0 Å². The summed E-state index contributed by atoms with van der Waals surface area (Å²) in [4.78, 5) is 0. The Balaban J connectivity index is 0. The Labute approximate surface area is 97.2 Å². The molecule has 0 saturated carbocycles.